The minimum Gasteiger partial charge on any atom is -0.340 e. The topological polar surface area (TPSA) is 40.6 Å². The zero-order valence-electron chi connectivity index (χ0n) is 15.6. The van der Waals surface area contributed by atoms with Crippen molar-refractivity contribution in [1.29, 1.82) is 0 Å². The van der Waals surface area contributed by atoms with Crippen LogP contribution in [0.25, 0.3) is 0 Å². The summed E-state index contributed by atoms with van der Waals surface area (Å²) in [6.07, 6.45) is 0.731. The molecule has 1 aliphatic rings. The number of hydrogen-bond acceptors (Lipinski definition) is 3. The van der Waals surface area contributed by atoms with E-state index < -0.39 is 0 Å². The van der Waals surface area contributed by atoms with Crippen LogP contribution in [0.1, 0.15) is 23.7 Å². The molecule has 1 aliphatic heterocycles. The molecule has 1 unspecified atom stereocenters. The maximum atomic E-state index is 13.1. The van der Waals surface area contributed by atoms with Crippen molar-refractivity contribution in [3.63, 3.8) is 0 Å². The Bertz CT molecular complexity index is 829. The monoisotopic (exact) mass is 464 g/mol. The van der Waals surface area contributed by atoms with Crippen molar-refractivity contribution >= 4 is 39.5 Å². The van der Waals surface area contributed by atoms with Gasteiger partial charge in [-0.15, -0.1) is 11.8 Å². The van der Waals surface area contributed by atoms with Crippen LogP contribution >= 0.6 is 27.7 Å². The van der Waals surface area contributed by atoms with Gasteiger partial charge in [-0.3, -0.25) is 9.59 Å². The van der Waals surface area contributed by atoms with Gasteiger partial charge in [0, 0.05) is 41.1 Å². The van der Waals surface area contributed by atoms with E-state index in [4.69, 9.17) is 0 Å². The first kappa shape index (κ1) is 20.9. The Labute approximate surface area is 177 Å². The molecule has 7 heteroatoms. The van der Waals surface area contributed by atoms with Gasteiger partial charge < -0.3 is 9.80 Å². The molecule has 3 rings (SSSR count). The van der Waals surface area contributed by atoms with Gasteiger partial charge in [-0.1, -0.05) is 15.9 Å². The molecule has 1 fully saturated rings. The Morgan fingerprint density at radius 1 is 0.964 bits per heavy atom. The Hall–Kier alpha value is -1.86. The van der Waals surface area contributed by atoms with Crippen molar-refractivity contribution in [3.8, 4) is 0 Å². The summed E-state index contributed by atoms with van der Waals surface area (Å²) in [6.45, 7) is 4.14. The zero-order chi connectivity index (χ0) is 20.1. The number of thioether (sulfide) groups is 1. The largest absolute Gasteiger partial charge is 0.340 e. The van der Waals surface area contributed by atoms with Crippen LogP contribution in [0.3, 0.4) is 0 Å². The van der Waals surface area contributed by atoms with Crippen LogP contribution in [0.15, 0.2) is 57.9 Å². The minimum absolute atomic E-state index is 0.0870. The number of amides is 2. The van der Waals surface area contributed by atoms with Gasteiger partial charge in [-0.25, -0.2) is 4.39 Å². The first-order chi connectivity index (χ1) is 13.4. The molecule has 4 nitrogen and oxygen atoms in total. The smallest absolute Gasteiger partial charge is 0.253 e. The Balaban J connectivity index is 1.57. The van der Waals surface area contributed by atoms with E-state index in [1.165, 1.54) is 36.0 Å². The van der Waals surface area contributed by atoms with Crippen molar-refractivity contribution in [2.24, 2.45) is 0 Å². The summed E-state index contributed by atoms with van der Waals surface area (Å²) in [6, 6.07) is 13.5. The summed E-state index contributed by atoms with van der Waals surface area (Å²) in [5.41, 5.74) is 0.473. The van der Waals surface area contributed by atoms with Crippen molar-refractivity contribution in [3.05, 3.63) is 64.4 Å². The van der Waals surface area contributed by atoms with E-state index in [1.54, 1.807) is 4.90 Å². The van der Waals surface area contributed by atoms with Gasteiger partial charge in [0.1, 0.15) is 5.82 Å². The highest BCUT2D eigenvalue weighted by Gasteiger charge is 2.26. The Morgan fingerprint density at radius 3 is 2.25 bits per heavy atom. The lowest BCUT2D eigenvalue weighted by Crippen LogP contribution is -2.40. The van der Waals surface area contributed by atoms with E-state index in [1.807, 2.05) is 36.1 Å². The van der Waals surface area contributed by atoms with E-state index in [9.17, 15) is 14.0 Å². The summed E-state index contributed by atoms with van der Waals surface area (Å²) >= 11 is 4.95. The van der Waals surface area contributed by atoms with Gasteiger partial charge in [0.15, 0.2) is 0 Å². The highest BCUT2D eigenvalue weighted by atomic mass is 79.9. The average molecular weight is 465 g/mol. The summed E-state index contributed by atoms with van der Waals surface area (Å²) < 4.78 is 14.1. The molecule has 0 saturated carbocycles. The maximum Gasteiger partial charge on any atom is 0.253 e. The number of nitrogens with zero attached hydrogens (tertiary/aromatic N) is 2. The fourth-order valence-electron chi connectivity index (χ4n) is 3.14. The summed E-state index contributed by atoms with van der Waals surface area (Å²) in [7, 11) is 0. The number of hydrogen-bond donors (Lipinski definition) is 0. The highest BCUT2D eigenvalue weighted by molar-refractivity contribution is 9.10. The molecule has 0 bridgehead atoms. The second-order valence-electron chi connectivity index (χ2n) is 6.69. The SMILES string of the molecule is CC(Sc1ccc(Br)cc1)C(=O)N1CCCN(C(=O)c2ccc(F)cc2)CC1. The normalized spacial score (nSPS) is 15.8. The molecule has 0 N–H and O–H groups in total. The zero-order valence-corrected chi connectivity index (χ0v) is 18.0. The molecule has 0 aromatic heterocycles. The van der Waals surface area contributed by atoms with Gasteiger partial charge in [-0.2, -0.15) is 0 Å². The fourth-order valence-corrected chi connectivity index (χ4v) is 4.36. The second-order valence-corrected chi connectivity index (χ2v) is 9.02. The predicted octanol–water partition coefficient (Wildman–Crippen LogP) is 4.44. The summed E-state index contributed by atoms with van der Waals surface area (Å²) in [5, 5.41) is -0.194. The maximum absolute atomic E-state index is 13.1. The van der Waals surface area contributed by atoms with Crippen LogP contribution in [-0.2, 0) is 4.79 Å². The third-order valence-corrected chi connectivity index (χ3v) is 6.29. The standard InChI is InChI=1S/C21H22BrFN2O2S/c1-15(28-19-9-5-17(22)6-10-19)20(26)24-11-2-12-25(14-13-24)21(27)16-3-7-18(23)8-4-16/h3-10,15H,2,11-14H2,1H3. The van der Waals surface area contributed by atoms with Gasteiger partial charge >= 0.3 is 0 Å². The number of halogens is 2. The Kier molecular flexibility index (Phi) is 7.13. The van der Waals surface area contributed by atoms with Gasteiger partial charge in [0.2, 0.25) is 5.91 Å². The van der Waals surface area contributed by atoms with Crippen LogP contribution < -0.4 is 0 Å². The van der Waals surface area contributed by atoms with Crippen molar-refractivity contribution in [2.45, 2.75) is 23.5 Å². The first-order valence-electron chi connectivity index (χ1n) is 9.20. The van der Waals surface area contributed by atoms with E-state index >= 15 is 0 Å². The van der Waals surface area contributed by atoms with Gasteiger partial charge in [-0.05, 0) is 61.9 Å². The van der Waals surface area contributed by atoms with Gasteiger partial charge in [0.25, 0.3) is 5.91 Å². The van der Waals surface area contributed by atoms with Crippen LogP contribution in [-0.4, -0.2) is 53.0 Å². The molecule has 2 amide bonds. The van der Waals surface area contributed by atoms with Crippen molar-refractivity contribution in [2.75, 3.05) is 26.2 Å². The van der Waals surface area contributed by atoms with Crippen LogP contribution in [0, 0.1) is 5.82 Å². The molecule has 0 radical (unpaired) electrons. The summed E-state index contributed by atoms with van der Waals surface area (Å²) in [5.74, 6) is -0.392. The average Bonchev–Trinajstić information content (AvgIpc) is 2.95. The third-order valence-electron chi connectivity index (χ3n) is 4.66. The lowest BCUT2D eigenvalue weighted by Gasteiger charge is -2.24. The molecule has 1 heterocycles. The van der Waals surface area contributed by atoms with Crippen molar-refractivity contribution in [1.82, 2.24) is 9.80 Å². The van der Waals surface area contributed by atoms with Crippen LogP contribution in [0.2, 0.25) is 0 Å². The molecule has 2 aromatic rings. The van der Waals surface area contributed by atoms with E-state index in [-0.39, 0.29) is 22.9 Å². The second kappa shape index (κ2) is 9.56. The van der Waals surface area contributed by atoms with Gasteiger partial charge in [0.05, 0.1) is 5.25 Å². The molecule has 148 valence electrons. The van der Waals surface area contributed by atoms with Crippen LogP contribution in [0.4, 0.5) is 4.39 Å². The highest BCUT2D eigenvalue weighted by Crippen LogP contribution is 2.26. The molecule has 0 spiro atoms. The number of rotatable bonds is 4. The number of carbonyl (C=O) groups is 2. The molecule has 2 aromatic carbocycles. The molecule has 1 atom stereocenters. The van der Waals surface area contributed by atoms with E-state index in [0.29, 0.717) is 31.7 Å². The van der Waals surface area contributed by atoms with E-state index in [2.05, 4.69) is 15.9 Å². The number of benzene rings is 2. The molecule has 1 saturated heterocycles. The fraction of sp³-hybridized carbons (Fsp3) is 0.333. The molecular formula is C21H22BrFN2O2S. The number of carbonyl (C=O) groups excluding carboxylic acids is 2. The summed E-state index contributed by atoms with van der Waals surface area (Å²) in [4.78, 5) is 30.1. The molecule has 0 aliphatic carbocycles. The quantitative estimate of drug-likeness (QED) is 0.627. The molecular weight excluding hydrogens is 443 g/mol. The lowest BCUT2D eigenvalue weighted by molar-refractivity contribution is -0.130. The van der Waals surface area contributed by atoms with Crippen LogP contribution in [0.5, 0.6) is 0 Å². The minimum atomic E-state index is -0.360. The van der Waals surface area contributed by atoms with Crippen molar-refractivity contribution < 1.29 is 14.0 Å². The van der Waals surface area contributed by atoms with E-state index in [0.717, 1.165) is 15.8 Å². The third kappa shape index (κ3) is 5.35. The first-order valence-corrected chi connectivity index (χ1v) is 10.9. The predicted molar refractivity (Wildman–Crippen MR) is 113 cm³/mol. The Morgan fingerprint density at radius 2 is 1.57 bits per heavy atom. The molecule has 28 heavy (non-hydrogen) atoms. The lowest BCUT2D eigenvalue weighted by atomic mass is 10.2.